The number of allylic oxidation sites excluding steroid dienone is 1. The zero-order valence-corrected chi connectivity index (χ0v) is 8.77. The molecule has 0 saturated carbocycles. The highest BCUT2D eigenvalue weighted by molar-refractivity contribution is 4.76. The molecule has 0 spiro atoms. The van der Waals surface area contributed by atoms with Gasteiger partial charge in [0.25, 0.3) is 0 Å². The van der Waals surface area contributed by atoms with Gasteiger partial charge in [0.2, 0.25) is 0 Å². The fraction of sp³-hybridized carbons (Fsp3) is 0.818. The summed E-state index contributed by atoms with van der Waals surface area (Å²) in [7, 11) is 0. The minimum Gasteiger partial charge on any atom is -0.330 e. The van der Waals surface area contributed by atoms with E-state index in [2.05, 4.69) is 27.4 Å². The van der Waals surface area contributed by atoms with Gasteiger partial charge in [-0.15, -0.1) is 6.58 Å². The SMILES string of the molecule is C=CCCCC(CN)C(C)(C)C. The molecule has 0 aromatic carbocycles. The summed E-state index contributed by atoms with van der Waals surface area (Å²) < 4.78 is 0. The van der Waals surface area contributed by atoms with Crippen LogP contribution in [0.5, 0.6) is 0 Å². The molecule has 0 fully saturated rings. The maximum atomic E-state index is 5.72. The lowest BCUT2D eigenvalue weighted by atomic mass is 9.78. The van der Waals surface area contributed by atoms with Gasteiger partial charge in [0.05, 0.1) is 0 Å². The van der Waals surface area contributed by atoms with Crippen molar-refractivity contribution in [2.45, 2.75) is 40.0 Å². The third-order valence-electron chi connectivity index (χ3n) is 2.47. The van der Waals surface area contributed by atoms with Crippen LogP contribution in [0.1, 0.15) is 40.0 Å². The number of hydrogen-bond acceptors (Lipinski definition) is 1. The van der Waals surface area contributed by atoms with Gasteiger partial charge in [-0.25, -0.2) is 0 Å². The predicted molar refractivity (Wildman–Crippen MR) is 56.0 cm³/mol. The van der Waals surface area contributed by atoms with Crippen molar-refractivity contribution >= 4 is 0 Å². The fourth-order valence-electron chi connectivity index (χ4n) is 1.41. The standard InChI is InChI=1S/C11H23N/c1-5-6-7-8-10(9-12)11(2,3)4/h5,10H,1,6-9,12H2,2-4H3. The molecule has 0 aliphatic rings. The molecule has 1 atom stereocenters. The van der Waals surface area contributed by atoms with Crippen LogP contribution < -0.4 is 5.73 Å². The Kier molecular flexibility index (Phi) is 5.23. The first kappa shape index (κ1) is 11.7. The molecule has 12 heavy (non-hydrogen) atoms. The van der Waals surface area contributed by atoms with E-state index in [0.29, 0.717) is 11.3 Å². The van der Waals surface area contributed by atoms with Crippen LogP contribution in [0.15, 0.2) is 12.7 Å². The van der Waals surface area contributed by atoms with E-state index in [1.807, 2.05) is 6.08 Å². The third-order valence-corrected chi connectivity index (χ3v) is 2.47. The van der Waals surface area contributed by atoms with Gasteiger partial charge < -0.3 is 5.73 Å². The highest BCUT2D eigenvalue weighted by Crippen LogP contribution is 2.29. The summed E-state index contributed by atoms with van der Waals surface area (Å²) in [5.41, 5.74) is 6.07. The largest absolute Gasteiger partial charge is 0.330 e. The van der Waals surface area contributed by atoms with E-state index in [4.69, 9.17) is 5.73 Å². The van der Waals surface area contributed by atoms with Gasteiger partial charge in [-0.1, -0.05) is 26.8 Å². The summed E-state index contributed by atoms with van der Waals surface area (Å²) in [5, 5.41) is 0. The molecule has 0 radical (unpaired) electrons. The summed E-state index contributed by atoms with van der Waals surface area (Å²) in [6, 6.07) is 0. The minimum absolute atomic E-state index is 0.357. The van der Waals surface area contributed by atoms with E-state index in [0.717, 1.165) is 13.0 Å². The molecule has 0 saturated heterocycles. The quantitative estimate of drug-likeness (QED) is 0.497. The Morgan fingerprint density at radius 3 is 2.33 bits per heavy atom. The van der Waals surface area contributed by atoms with Crippen LogP contribution in [0, 0.1) is 11.3 Å². The van der Waals surface area contributed by atoms with Crippen LogP contribution in [0.2, 0.25) is 0 Å². The van der Waals surface area contributed by atoms with Crippen LogP contribution >= 0.6 is 0 Å². The smallest absolute Gasteiger partial charge is 0.00439 e. The summed E-state index contributed by atoms with van der Waals surface area (Å²) >= 11 is 0. The number of nitrogens with two attached hydrogens (primary N) is 1. The molecule has 0 bridgehead atoms. The molecule has 0 heterocycles. The highest BCUT2D eigenvalue weighted by atomic mass is 14.6. The molecule has 0 aromatic rings. The molecule has 0 rings (SSSR count). The molecule has 1 heteroatoms. The second-order valence-corrected chi connectivity index (χ2v) is 4.52. The van der Waals surface area contributed by atoms with Gasteiger partial charge >= 0.3 is 0 Å². The first-order chi connectivity index (χ1) is 5.52. The van der Waals surface area contributed by atoms with Crippen molar-refractivity contribution in [1.82, 2.24) is 0 Å². The lowest BCUT2D eigenvalue weighted by Crippen LogP contribution is -2.27. The van der Waals surface area contributed by atoms with Crippen molar-refractivity contribution in [2.24, 2.45) is 17.1 Å². The number of rotatable bonds is 5. The summed E-state index contributed by atoms with van der Waals surface area (Å²) in [4.78, 5) is 0. The Bertz CT molecular complexity index is 121. The molecule has 1 nitrogen and oxygen atoms in total. The van der Waals surface area contributed by atoms with E-state index >= 15 is 0 Å². The maximum Gasteiger partial charge on any atom is -0.00439 e. The van der Waals surface area contributed by atoms with Gasteiger partial charge in [0.15, 0.2) is 0 Å². The molecular formula is C11H23N. The molecule has 72 valence electrons. The summed E-state index contributed by atoms with van der Waals surface area (Å²) in [5.74, 6) is 0.650. The van der Waals surface area contributed by atoms with Crippen molar-refractivity contribution in [3.63, 3.8) is 0 Å². The van der Waals surface area contributed by atoms with E-state index in [1.54, 1.807) is 0 Å². The van der Waals surface area contributed by atoms with Crippen molar-refractivity contribution in [1.29, 1.82) is 0 Å². The first-order valence-electron chi connectivity index (χ1n) is 4.83. The number of unbranched alkanes of at least 4 members (excludes halogenated alkanes) is 1. The second-order valence-electron chi connectivity index (χ2n) is 4.52. The fourth-order valence-corrected chi connectivity index (χ4v) is 1.41. The van der Waals surface area contributed by atoms with Gasteiger partial charge in [0, 0.05) is 0 Å². The van der Waals surface area contributed by atoms with Crippen LogP contribution in [-0.2, 0) is 0 Å². The lowest BCUT2D eigenvalue weighted by Gasteiger charge is -2.29. The van der Waals surface area contributed by atoms with E-state index in [-0.39, 0.29) is 0 Å². The zero-order chi connectivity index (χ0) is 9.61. The van der Waals surface area contributed by atoms with Crippen molar-refractivity contribution in [3.8, 4) is 0 Å². The Hall–Kier alpha value is -0.300. The Labute approximate surface area is 77.0 Å². The van der Waals surface area contributed by atoms with Crippen LogP contribution in [0.3, 0.4) is 0 Å². The third kappa shape index (κ3) is 4.55. The van der Waals surface area contributed by atoms with Crippen molar-refractivity contribution in [3.05, 3.63) is 12.7 Å². The Balaban J connectivity index is 3.75. The van der Waals surface area contributed by atoms with Gasteiger partial charge in [-0.3, -0.25) is 0 Å². The molecule has 2 N–H and O–H groups in total. The normalized spacial score (nSPS) is 14.3. The van der Waals surface area contributed by atoms with Crippen molar-refractivity contribution in [2.75, 3.05) is 6.54 Å². The summed E-state index contributed by atoms with van der Waals surface area (Å²) in [6.07, 6.45) is 5.55. The molecule has 1 unspecified atom stereocenters. The highest BCUT2D eigenvalue weighted by Gasteiger charge is 2.21. The monoisotopic (exact) mass is 169 g/mol. The molecule has 0 aliphatic heterocycles. The van der Waals surface area contributed by atoms with E-state index < -0.39 is 0 Å². The minimum atomic E-state index is 0.357. The summed E-state index contributed by atoms with van der Waals surface area (Å²) in [6.45, 7) is 11.3. The number of hydrogen-bond donors (Lipinski definition) is 1. The Morgan fingerprint density at radius 1 is 1.42 bits per heavy atom. The molecular weight excluding hydrogens is 146 g/mol. The maximum absolute atomic E-state index is 5.72. The second kappa shape index (κ2) is 5.36. The molecule has 0 aromatic heterocycles. The van der Waals surface area contributed by atoms with E-state index in [1.165, 1.54) is 12.8 Å². The van der Waals surface area contributed by atoms with Crippen LogP contribution in [-0.4, -0.2) is 6.54 Å². The first-order valence-corrected chi connectivity index (χ1v) is 4.83. The topological polar surface area (TPSA) is 26.0 Å². The van der Waals surface area contributed by atoms with Gasteiger partial charge in [-0.2, -0.15) is 0 Å². The predicted octanol–water partition coefficient (Wildman–Crippen LogP) is 2.96. The van der Waals surface area contributed by atoms with Gasteiger partial charge in [-0.05, 0) is 37.1 Å². The Morgan fingerprint density at radius 2 is 2.00 bits per heavy atom. The average molecular weight is 169 g/mol. The van der Waals surface area contributed by atoms with Crippen LogP contribution in [0.4, 0.5) is 0 Å². The molecule has 0 aliphatic carbocycles. The van der Waals surface area contributed by atoms with Gasteiger partial charge in [0.1, 0.15) is 0 Å². The van der Waals surface area contributed by atoms with E-state index in [9.17, 15) is 0 Å². The lowest BCUT2D eigenvalue weighted by molar-refractivity contribution is 0.229. The average Bonchev–Trinajstić information content (AvgIpc) is 1.95. The molecule has 0 amide bonds. The van der Waals surface area contributed by atoms with Crippen LogP contribution in [0.25, 0.3) is 0 Å². The zero-order valence-electron chi connectivity index (χ0n) is 8.77. The van der Waals surface area contributed by atoms with Crippen molar-refractivity contribution < 1.29 is 0 Å².